The predicted octanol–water partition coefficient (Wildman–Crippen LogP) is 2.79. The Kier molecular flexibility index (Phi) is 3.60. The first-order chi connectivity index (χ1) is 8.59. The average Bonchev–Trinajstić information content (AvgIpc) is 2.73. The molecule has 0 atom stereocenters. The molecule has 5 nitrogen and oxygen atoms in total. The summed E-state index contributed by atoms with van der Waals surface area (Å²) in [6.45, 7) is 9.12. The van der Waals surface area contributed by atoms with Crippen LogP contribution in [-0.4, -0.2) is 26.1 Å². The van der Waals surface area contributed by atoms with Crippen LogP contribution >= 0.6 is 0 Å². The van der Waals surface area contributed by atoms with Crippen molar-refractivity contribution in [1.29, 1.82) is 0 Å². The maximum absolute atomic E-state index is 4.39. The van der Waals surface area contributed by atoms with E-state index in [0.717, 1.165) is 23.5 Å². The van der Waals surface area contributed by atoms with Crippen LogP contribution in [0.5, 0.6) is 0 Å². The highest BCUT2D eigenvalue weighted by Crippen LogP contribution is 2.19. The summed E-state index contributed by atoms with van der Waals surface area (Å²) < 4.78 is 2.04. The van der Waals surface area contributed by atoms with Gasteiger partial charge in [0.1, 0.15) is 11.8 Å². The lowest BCUT2D eigenvalue weighted by Crippen LogP contribution is -2.04. The Morgan fingerprint density at radius 1 is 1.33 bits per heavy atom. The van der Waals surface area contributed by atoms with E-state index < -0.39 is 0 Å². The summed E-state index contributed by atoms with van der Waals surface area (Å²) >= 11 is 0. The van der Waals surface area contributed by atoms with Crippen LogP contribution in [0.2, 0.25) is 0 Å². The topological polar surface area (TPSA) is 55.6 Å². The first-order valence-electron chi connectivity index (χ1n) is 6.14. The summed E-state index contributed by atoms with van der Waals surface area (Å²) in [6.07, 6.45) is 5.51. The quantitative estimate of drug-likeness (QED) is 0.841. The van der Waals surface area contributed by atoms with Crippen LogP contribution in [0.25, 0.3) is 11.2 Å². The Bertz CT molecular complexity index is 564. The molecule has 1 N–H and O–H groups in total. The molecule has 2 rings (SSSR count). The molecule has 0 aliphatic rings. The van der Waals surface area contributed by atoms with Gasteiger partial charge >= 0.3 is 0 Å². The number of fused-ring (bicyclic) bond motifs is 1. The molecule has 0 spiro atoms. The maximum atomic E-state index is 4.39. The zero-order chi connectivity index (χ0) is 13.1. The Hall–Kier alpha value is -1.91. The number of rotatable bonds is 4. The van der Waals surface area contributed by atoms with E-state index in [1.54, 1.807) is 6.33 Å². The lowest BCUT2D eigenvalue weighted by Gasteiger charge is -2.07. The van der Waals surface area contributed by atoms with Crippen LogP contribution in [0.3, 0.4) is 0 Å². The maximum Gasteiger partial charge on any atom is 0.165 e. The molecule has 0 unspecified atom stereocenters. The van der Waals surface area contributed by atoms with Gasteiger partial charge in [-0.1, -0.05) is 11.6 Å². The minimum absolute atomic E-state index is 0.343. The van der Waals surface area contributed by atoms with Gasteiger partial charge in [0.15, 0.2) is 11.5 Å². The SMILES string of the molecule is CC(C)=CCNc1ncnc2c1ncn2C(C)C. The largest absolute Gasteiger partial charge is 0.365 e. The summed E-state index contributed by atoms with van der Waals surface area (Å²) in [5.74, 6) is 0.789. The van der Waals surface area contributed by atoms with Crippen LogP contribution < -0.4 is 5.32 Å². The van der Waals surface area contributed by atoms with Crippen LogP contribution in [0.1, 0.15) is 33.7 Å². The van der Waals surface area contributed by atoms with Crippen molar-refractivity contribution in [3.63, 3.8) is 0 Å². The van der Waals surface area contributed by atoms with Crippen molar-refractivity contribution < 1.29 is 0 Å². The van der Waals surface area contributed by atoms with Gasteiger partial charge in [-0.25, -0.2) is 15.0 Å². The molecular formula is C13H19N5. The monoisotopic (exact) mass is 245 g/mol. The van der Waals surface area contributed by atoms with E-state index in [1.165, 1.54) is 5.57 Å². The second kappa shape index (κ2) is 5.16. The number of nitrogens with one attached hydrogen (secondary N) is 1. The number of anilines is 1. The molecule has 96 valence electrons. The summed E-state index contributed by atoms with van der Waals surface area (Å²) in [5.41, 5.74) is 2.98. The van der Waals surface area contributed by atoms with Gasteiger partial charge in [0.2, 0.25) is 0 Å². The number of aromatic nitrogens is 4. The molecular weight excluding hydrogens is 226 g/mol. The second-order valence-corrected chi connectivity index (χ2v) is 4.80. The zero-order valence-electron chi connectivity index (χ0n) is 11.3. The molecule has 0 amide bonds. The van der Waals surface area contributed by atoms with Crippen molar-refractivity contribution in [2.45, 2.75) is 33.7 Å². The minimum atomic E-state index is 0.343. The third-order valence-corrected chi connectivity index (χ3v) is 2.69. The van der Waals surface area contributed by atoms with Crippen LogP contribution in [-0.2, 0) is 0 Å². The minimum Gasteiger partial charge on any atom is -0.365 e. The van der Waals surface area contributed by atoms with Crippen LogP contribution in [0.4, 0.5) is 5.82 Å². The third-order valence-electron chi connectivity index (χ3n) is 2.69. The van der Waals surface area contributed by atoms with Gasteiger partial charge < -0.3 is 9.88 Å². The lowest BCUT2D eigenvalue weighted by atomic mass is 10.3. The first-order valence-corrected chi connectivity index (χ1v) is 6.14. The van der Waals surface area contributed by atoms with Crippen molar-refractivity contribution >= 4 is 17.0 Å². The molecule has 2 heterocycles. The normalized spacial score (nSPS) is 10.9. The average molecular weight is 245 g/mol. The fourth-order valence-electron chi connectivity index (χ4n) is 1.71. The van der Waals surface area contributed by atoms with E-state index in [2.05, 4.69) is 54.0 Å². The van der Waals surface area contributed by atoms with Crippen molar-refractivity contribution in [3.05, 3.63) is 24.3 Å². The molecule has 2 aromatic rings. The van der Waals surface area contributed by atoms with Gasteiger partial charge in [-0.05, 0) is 27.7 Å². The van der Waals surface area contributed by atoms with E-state index in [0.29, 0.717) is 6.04 Å². The van der Waals surface area contributed by atoms with Crippen LogP contribution in [0, 0.1) is 0 Å². The molecule has 0 radical (unpaired) electrons. The van der Waals surface area contributed by atoms with E-state index >= 15 is 0 Å². The molecule has 0 fully saturated rings. The molecule has 18 heavy (non-hydrogen) atoms. The predicted molar refractivity (Wildman–Crippen MR) is 73.6 cm³/mol. The highest BCUT2D eigenvalue weighted by molar-refractivity contribution is 5.82. The molecule has 0 aliphatic heterocycles. The standard InChI is InChI=1S/C13H19N5/c1-9(2)5-6-14-12-11-13(16-7-15-12)18(8-17-11)10(3)4/h5,7-8,10H,6H2,1-4H3,(H,14,15,16). The molecule has 5 heteroatoms. The molecule has 0 aromatic carbocycles. The molecule has 2 aromatic heterocycles. The Morgan fingerprint density at radius 2 is 2.11 bits per heavy atom. The van der Waals surface area contributed by atoms with E-state index in [1.807, 2.05) is 10.9 Å². The van der Waals surface area contributed by atoms with Gasteiger partial charge in [0, 0.05) is 12.6 Å². The number of allylic oxidation sites excluding steroid dienone is 1. The first kappa shape index (κ1) is 12.5. The van der Waals surface area contributed by atoms with Gasteiger partial charge in [-0.3, -0.25) is 0 Å². The number of hydrogen-bond acceptors (Lipinski definition) is 4. The van der Waals surface area contributed by atoms with E-state index in [9.17, 15) is 0 Å². The Labute approximate surface area is 107 Å². The third kappa shape index (κ3) is 2.50. The summed E-state index contributed by atoms with van der Waals surface area (Å²) in [6, 6.07) is 0.343. The van der Waals surface area contributed by atoms with Crippen molar-refractivity contribution in [2.24, 2.45) is 0 Å². The summed E-state index contributed by atoms with van der Waals surface area (Å²) in [4.78, 5) is 12.9. The number of hydrogen-bond donors (Lipinski definition) is 1. The van der Waals surface area contributed by atoms with Gasteiger partial charge in [0.25, 0.3) is 0 Å². The highest BCUT2D eigenvalue weighted by Gasteiger charge is 2.10. The number of nitrogens with zero attached hydrogens (tertiary/aromatic N) is 4. The summed E-state index contributed by atoms with van der Waals surface area (Å²) in [7, 11) is 0. The summed E-state index contributed by atoms with van der Waals surface area (Å²) in [5, 5.41) is 3.27. The highest BCUT2D eigenvalue weighted by atomic mass is 15.2. The fourth-order valence-corrected chi connectivity index (χ4v) is 1.71. The molecule has 0 bridgehead atoms. The van der Waals surface area contributed by atoms with E-state index in [4.69, 9.17) is 0 Å². The Morgan fingerprint density at radius 3 is 2.78 bits per heavy atom. The lowest BCUT2D eigenvalue weighted by molar-refractivity contribution is 0.612. The molecule has 0 aliphatic carbocycles. The van der Waals surface area contributed by atoms with Crippen molar-refractivity contribution in [3.8, 4) is 0 Å². The van der Waals surface area contributed by atoms with Gasteiger partial charge in [-0.15, -0.1) is 0 Å². The van der Waals surface area contributed by atoms with Crippen LogP contribution in [0.15, 0.2) is 24.3 Å². The van der Waals surface area contributed by atoms with Crippen molar-refractivity contribution in [1.82, 2.24) is 19.5 Å². The second-order valence-electron chi connectivity index (χ2n) is 4.80. The Balaban J connectivity index is 2.32. The smallest absolute Gasteiger partial charge is 0.165 e. The number of imidazole rings is 1. The molecule has 0 saturated heterocycles. The van der Waals surface area contributed by atoms with Crippen molar-refractivity contribution in [2.75, 3.05) is 11.9 Å². The van der Waals surface area contributed by atoms with Gasteiger partial charge in [0.05, 0.1) is 6.33 Å². The van der Waals surface area contributed by atoms with E-state index in [-0.39, 0.29) is 0 Å². The van der Waals surface area contributed by atoms with Gasteiger partial charge in [-0.2, -0.15) is 0 Å². The fraction of sp³-hybridized carbons (Fsp3) is 0.462. The molecule has 0 saturated carbocycles. The zero-order valence-corrected chi connectivity index (χ0v) is 11.3.